The first kappa shape index (κ1) is 19.3. The molecule has 0 unspecified atom stereocenters. The number of ether oxygens (including phenoxy) is 3. The summed E-state index contributed by atoms with van der Waals surface area (Å²) >= 11 is 0. The third-order valence-electron chi connectivity index (χ3n) is 3.49. The molecule has 140 valence electrons. The normalized spacial score (nSPS) is 11.3. The number of halogens is 2. The Balaban J connectivity index is 1.93. The molecule has 0 fully saturated rings. The monoisotopic (exact) mass is 365 g/mol. The number of nitrogens with two attached hydrogens (primary N) is 1. The quantitative estimate of drug-likeness (QED) is 0.554. The Morgan fingerprint density at radius 3 is 2.42 bits per heavy atom. The van der Waals surface area contributed by atoms with Crippen LogP contribution in [0.3, 0.4) is 0 Å². The molecule has 6 nitrogen and oxygen atoms in total. The van der Waals surface area contributed by atoms with E-state index < -0.39 is 6.61 Å². The molecule has 0 bridgehead atoms. The minimum atomic E-state index is -2.92. The Morgan fingerprint density at radius 1 is 1.08 bits per heavy atom. The van der Waals surface area contributed by atoms with E-state index in [0.717, 1.165) is 17.0 Å². The van der Waals surface area contributed by atoms with Crippen molar-refractivity contribution in [1.29, 1.82) is 0 Å². The van der Waals surface area contributed by atoms with Crippen LogP contribution in [0.25, 0.3) is 0 Å². The second-order valence-electron chi connectivity index (χ2n) is 5.23. The Hall–Kier alpha value is -3.03. The van der Waals surface area contributed by atoms with Gasteiger partial charge in [-0.1, -0.05) is 6.07 Å². The summed E-state index contributed by atoms with van der Waals surface area (Å²) in [5.74, 6) is 1.24. The average molecular weight is 365 g/mol. The van der Waals surface area contributed by atoms with Gasteiger partial charge in [-0.25, -0.2) is 0 Å². The van der Waals surface area contributed by atoms with Crippen LogP contribution in [0.1, 0.15) is 5.56 Å². The molecular formula is C18H21F2N3O3. The maximum Gasteiger partial charge on any atom is 0.387 e. The van der Waals surface area contributed by atoms with Gasteiger partial charge in [0.15, 0.2) is 17.5 Å². The summed E-state index contributed by atoms with van der Waals surface area (Å²) in [7, 11) is 2.98. The summed E-state index contributed by atoms with van der Waals surface area (Å²) in [6, 6.07) is 12.1. The van der Waals surface area contributed by atoms with E-state index in [1.165, 1.54) is 13.2 Å². The molecule has 0 aliphatic heterocycles. The molecule has 3 N–H and O–H groups in total. The zero-order valence-electron chi connectivity index (χ0n) is 14.5. The minimum absolute atomic E-state index is 0.00620. The molecule has 0 aliphatic rings. The molecule has 0 aromatic heterocycles. The number of benzene rings is 2. The summed E-state index contributed by atoms with van der Waals surface area (Å²) in [6.45, 7) is -2.53. The lowest BCUT2D eigenvalue weighted by molar-refractivity contribution is -0.0512. The van der Waals surface area contributed by atoms with Gasteiger partial charge in [0.2, 0.25) is 0 Å². The summed E-state index contributed by atoms with van der Waals surface area (Å²) in [5.41, 5.74) is 7.41. The number of nitrogens with one attached hydrogen (secondary N) is 1. The molecule has 2 aromatic carbocycles. The van der Waals surface area contributed by atoms with Crippen LogP contribution in [0.2, 0.25) is 0 Å². The fourth-order valence-electron chi connectivity index (χ4n) is 2.23. The molecule has 0 atom stereocenters. The standard InChI is InChI=1S/C18H21F2N3O3/c1-24-14-6-4-13(5-7-14)23-18(21)22-10-9-12-3-8-15(25-2)16(11-12)26-17(19)20/h3-8,11,17H,9-10H2,1-2H3,(H3,21,22,23). The highest BCUT2D eigenvalue weighted by Gasteiger charge is 2.11. The van der Waals surface area contributed by atoms with Crippen LogP contribution < -0.4 is 25.3 Å². The first-order chi connectivity index (χ1) is 12.5. The van der Waals surface area contributed by atoms with E-state index in [9.17, 15) is 8.78 Å². The molecule has 0 amide bonds. The van der Waals surface area contributed by atoms with E-state index in [1.807, 2.05) is 12.1 Å². The molecule has 0 saturated heterocycles. The van der Waals surface area contributed by atoms with Crippen molar-refractivity contribution in [1.82, 2.24) is 0 Å². The molecule has 0 spiro atoms. The van der Waals surface area contributed by atoms with Crippen molar-refractivity contribution in [3.63, 3.8) is 0 Å². The molecule has 0 saturated carbocycles. The van der Waals surface area contributed by atoms with Gasteiger partial charge in [0.1, 0.15) is 5.75 Å². The number of alkyl halides is 2. The molecule has 2 aromatic rings. The van der Waals surface area contributed by atoms with Gasteiger partial charge in [0.25, 0.3) is 0 Å². The molecule has 2 rings (SSSR count). The maximum atomic E-state index is 12.4. The van der Waals surface area contributed by atoms with Crippen molar-refractivity contribution < 1.29 is 23.0 Å². The molecule has 8 heteroatoms. The zero-order chi connectivity index (χ0) is 18.9. The van der Waals surface area contributed by atoms with Crippen LogP contribution in [-0.4, -0.2) is 33.3 Å². The smallest absolute Gasteiger partial charge is 0.387 e. The molecule has 26 heavy (non-hydrogen) atoms. The second-order valence-corrected chi connectivity index (χ2v) is 5.23. The fraction of sp³-hybridized carbons (Fsp3) is 0.278. The predicted molar refractivity (Wildman–Crippen MR) is 96.4 cm³/mol. The minimum Gasteiger partial charge on any atom is -0.497 e. The highest BCUT2D eigenvalue weighted by Crippen LogP contribution is 2.29. The SMILES string of the molecule is COc1ccc(NC(N)=NCCc2ccc(OC)c(OC(F)F)c2)cc1. The van der Waals surface area contributed by atoms with E-state index in [0.29, 0.717) is 13.0 Å². The highest BCUT2D eigenvalue weighted by molar-refractivity contribution is 5.92. The lowest BCUT2D eigenvalue weighted by Crippen LogP contribution is -2.23. The van der Waals surface area contributed by atoms with E-state index in [2.05, 4.69) is 15.0 Å². The van der Waals surface area contributed by atoms with Crippen molar-refractivity contribution in [2.24, 2.45) is 10.7 Å². The van der Waals surface area contributed by atoms with Crippen LogP contribution in [-0.2, 0) is 6.42 Å². The second kappa shape index (κ2) is 9.45. The van der Waals surface area contributed by atoms with Crippen LogP contribution in [0.15, 0.2) is 47.5 Å². The van der Waals surface area contributed by atoms with Gasteiger partial charge in [-0.05, 0) is 48.4 Å². The Kier molecular flexibility index (Phi) is 7.02. The van der Waals surface area contributed by atoms with Gasteiger partial charge in [0, 0.05) is 12.2 Å². The first-order valence-electron chi connectivity index (χ1n) is 7.84. The highest BCUT2D eigenvalue weighted by atomic mass is 19.3. The van der Waals surface area contributed by atoms with Gasteiger partial charge in [0.05, 0.1) is 14.2 Å². The molecule has 0 aliphatic carbocycles. The Morgan fingerprint density at radius 2 is 1.81 bits per heavy atom. The van der Waals surface area contributed by atoms with Gasteiger partial charge in [-0.15, -0.1) is 0 Å². The lowest BCUT2D eigenvalue weighted by Gasteiger charge is -2.11. The fourth-order valence-corrected chi connectivity index (χ4v) is 2.23. The number of nitrogens with zero attached hydrogens (tertiary/aromatic N) is 1. The van der Waals surface area contributed by atoms with Crippen molar-refractivity contribution in [2.75, 3.05) is 26.1 Å². The average Bonchev–Trinajstić information content (AvgIpc) is 2.62. The van der Waals surface area contributed by atoms with E-state index in [4.69, 9.17) is 15.2 Å². The predicted octanol–water partition coefficient (Wildman–Crippen LogP) is 3.27. The third-order valence-corrected chi connectivity index (χ3v) is 3.49. The summed E-state index contributed by atoms with van der Waals surface area (Å²) in [5, 5.41) is 2.96. The number of guanidine groups is 1. The van der Waals surface area contributed by atoms with Gasteiger partial charge in [-0.2, -0.15) is 8.78 Å². The summed E-state index contributed by atoms with van der Waals surface area (Å²) < 4.78 is 39.4. The van der Waals surface area contributed by atoms with Crippen molar-refractivity contribution in [3.05, 3.63) is 48.0 Å². The maximum absolute atomic E-state index is 12.4. The van der Waals surface area contributed by atoms with E-state index in [-0.39, 0.29) is 17.5 Å². The van der Waals surface area contributed by atoms with Crippen molar-refractivity contribution in [3.8, 4) is 17.2 Å². The van der Waals surface area contributed by atoms with Gasteiger partial charge >= 0.3 is 6.61 Å². The molecule has 0 radical (unpaired) electrons. The Bertz CT molecular complexity index is 737. The van der Waals surface area contributed by atoms with Gasteiger partial charge in [-0.3, -0.25) is 4.99 Å². The van der Waals surface area contributed by atoms with Crippen LogP contribution in [0.5, 0.6) is 17.2 Å². The molecule has 0 heterocycles. The number of aliphatic imine (C=N–C) groups is 1. The zero-order valence-corrected chi connectivity index (χ0v) is 14.5. The number of hydrogen-bond donors (Lipinski definition) is 2. The number of anilines is 1. The van der Waals surface area contributed by atoms with Crippen LogP contribution in [0, 0.1) is 0 Å². The van der Waals surface area contributed by atoms with Crippen LogP contribution in [0.4, 0.5) is 14.5 Å². The lowest BCUT2D eigenvalue weighted by atomic mass is 10.1. The largest absolute Gasteiger partial charge is 0.497 e. The summed E-state index contributed by atoms with van der Waals surface area (Å²) in [4.78, 5) is 4.22. The number of hydrogen-bond acceptors (Lipinski definition) is 4. The number of methoxy groups -OCH3 is 2. The summed E-state index contributed by atoms with van der Waals surface area (Å²) in [6.07, 6.45) is 0.509. The topological polar surface area (TPSA) is 78.1 Å². The van der Waals surface area contributed by atoms with E-state index in [1.54, 1.807) is 31.4 Å². The van der Waals surface area contributed by atoms with Crippen molar-refractivity contribution >= 4 is 11.6 Å². The molecular weight excluding hydrogens is 344 g/mol. The third kappa shape index (κ3) is 5.80. The van der Waals surface area contributed by atoms with Gasteiger partial charge < -0.3 is 25.3 Å². The van der Waals surface area contributed by atoms with Crippen molar-refractivity contribution in [2.45, 2.75) is 13.0 Å². The first-order valence-corrected chi connectivity index (χ1v) is 7.84. The van der Waals surface area contributed by atoms with Crippen LogP contribution >= 0.6 is 0 Å². The van der Waals surface area contributed by atoms with E-state index >= 15 is 0 Å². The Labute approximate surface area is 150 Å². The number of rotatable bonds is 8.